The molecule has 0 aliphatic heterocycles. The minimum absolute atomic E-state index is 0.0512. The highest BCUT2D eigenvalue weighted by Crippen LogP contribution is 2.23. The van der Waals surface area contributed by atoms with Gasteiger partial charge in [-0.05, 0) is 44.2 Å². The largest absolute Gasteiger partial charge is 0.481 e. The van der Waals surface area contributed by atoms with Crippen LogP contribution in [0.15, 0.2) is 24.3 Å². The fraction of sp³-hybridized carbons (Fsp3) is 0.526. The number of carbonyl (C=O) groups excluding carboxylic acids is 1. The topological polar surface area (TPSA) is 79.3 Å². The number of aromatic nitrogens is 1. The number of hydrogen-bond acceptors (Lipinski definition) is 4. The van der Waals surface area contributed by atoms with Crippen molar-refractivity contribution in [3.05, 3.63) is 29.3 Å². The number of thiazole rings is 1. The van der Waals surface area contributed by atoms with Crippen molar-refractivity contribution in [2.75, 3.05) is 0 Å². The molecule has 0 saturated heterocycles. The van der Waals surface area contributed by atoms with Crippen molar-refractivity contribution < 1.29 is 14.7 Å². The van der Waals surface area contributed by atoms with E-state index < -0.39 is 11.5 Å². The fourth-order valence-corrected chi connectivity index (χ4v) is 3.69. The summed E-state index contributed by atoms with van der Waals surface area (Å²) in [5.74, 6) is -0.926. The molecule has 1 amide bonds. The van der Waals surface area contributed by atoms with E-state index in [1.807, 2.05) is 32.0 Å². The SMILES string of the molecule is CC(C)C(C)(CC(=O)O)NC(=O)CCCCc1nc2ccccc2s1. The summed E-state index contributed by atoms with van der Waals surface area (Å²) in [6.07, 6.45) is 2.87. The van der Waals surface area contributed by atoms with Gasteiger partial charge in [0.25, 0.3) is 0 Å². The van der Waals surface area contributed by atoms with Crippen molar-refractivity contribution >= 4 is 33.4 Å². The monoisotopic (exact) mass is 362 g/mol. The Kier molecular flexibility index (Phi) is 6.53. The number of aliphatic carboxylic acids is 1. The van der Waals surface area contributed by atoms with Crippen LogP contribution >= 0.6 is 11.3 Å². The van der Waals surface area contributed by atoms with Gasteiger partial charge in [-0.2, -0.15) is 0 Å². The maximum atomic E-state index is 12.2. The van der Waals surface area contributed by atoms with Gasteiger partial charge in [-0.15, -0.1) is 11.3 Å². The Labute approximate surface area is 152 Å². The van der Waals surface area contributed by atoms with Crippen molar-refractivity contribution in [1.82, 2.24) is 10.3 Å². The first kappa shape index (κ1) is 19.4. The second-order valence-corrected chi connectivity index (χ2v) is 8.09. The molecule has 2 rings (SSSR count). The Morgan fingerprint density at radius 2 is 2.00 bits per heavy atom. The van der Waals surface area contributed by atoms with Gasteiger partial charge in [0.1, 0.15) is 0 Å². The van der Waals surface area contributed by atoms with Crippen molar-refractivity contribution in [1.29, 1.82) is 0 Å². The van der Waals surface area contributed by atoms with E-state index in [2.05, 4.69) is 16.4 Å². The van der Waals surface area contributed by atoms with Gasteiger partial charge < -0.3 is 10.4 Å². The maximum absolute atomic E-state index is 12.2. The van der Waals surface area contributed by atoms with Gasteiger partial charge >= 0.3 is 5.97 Å². The number of carboxylic acids is 1. The van der Waals surface area contributed by atoms with E-state index >= 15 is 0 Å². The van der Waals surface area contributed by atoms with Gasteiger partial charge in [0.2, 0.25) is 5.91 Å². The summed E-state index contributed by atoms with van der Waals surface area (Å²) < 4.78 is 1.19. The maximum Gasteiger partial charge on any atom is 0.305 e. The van der Waals surface area contributed by atoms with Crippen LogP contribution in [0.5, 0.6) is 0 Å². The van der Waals surface area contributed by atoms with Gasteiger partial charge in [0.15, 0.2) is 0 Å². The molecule has 1 aromatic heterocycles. The molecule has 0 fully saturated rings. The van der Waals surface area contributed by atoms with Crippen LogP contribution in [0.1, 0.15) is 51.5 Å². The molecule has 0 bridgehead atoms. The van der Waals surface area contributed by atoms with E-state index in [0.29, 0.717) is 6.42 Å². The Morgan fingerprint density at radius 3 is 2.64 bits per heavy atom. The predicted molar refractivity (Wildman–Crippen MR) is 101 cm³/mol. The molecular weight excluding hydrogens is 336 g/mol. The number of aryl methyl sites for hydroxylation is 1. The Hall–Kier alpha value is -1.95. The molecule has 1 heterocycles. The van der Waals surface area contributed by atoms with E-state index in [4.69, 9.17) is 5.11 Å². The van der Waals surface area contributed by atoms with Crippen LogP contribution in [0.4, 0.5) is 0 Å². The Bertz CT molecular complexity index is 708. The minimum atomic E-state index is -0.896. The van der Waals surface area contributed by atoms with Crippen LogP contribution in [0.25, 0.3) is 10.2 Å². The summed E-state index contributed by atoms with van der Waals surface area (Å²) in [7, 11) is 0. The summed E-state index contributed by atoms with van der Waals surface area (Å²) in [5, 5.41) is 13.1. The molecule has 2 aromatic rings. The van der Waals surface area contributed by atoms with E-state index in [1.54, 1.807) is 18.3 Å². The third kappa shape index (κ3) is 5.53. The highest BCUT2D eigenvalue weighted by molar-refractivity contribution is 7.18. The van der Waals surface area contributed by atoms with Crippen LogP contribution in [0, 0.1) is 5.92 Å². The number of nitrogens with zero attached hydrogens (tertiary/aromatic N) is 1. The lowest BCUT2D eigenvalue weighted by Gasteiger charge is -2.33. The van der Waals surface area contributed by atoms with Gasteiger partial charge in [-0.3, -0.25) is 9.59 Å². The summed E-state index contributed by atoms with van der Waals surface area (Å²) in [6.45, 7) is 5.65. The average Bonchev–Trinajstić information content (AvgIpc) is 2.93. The predicted octanol–water partition coefficient (Wildman–Crippen LogP) is 4.01. The summed E-state index contributed by atoms with van der Waals surface area (Å²) in [4.78, 5) is 27.8. The average molecular weight is 362 g/mol. The number of nitrogens with one attached hydrogen (secondary N) is 1. The Balaban J connectivity index is 1.78. The lowest BCUT2D eigenvalue weighted by atomic mass is 9.85. The minimum Gasteiger partial charge on any atom is -0.481 e. The van der Waals surface area contributed by atoms with Gasteiger partial charge in [0, 0.05) is 12.0 Å². The second kappa shape index (κ2) is 8.43. The fourth-order valence-electron chi connectivity index (χ4n) is 2.68. The molecule has 5 nitrogen and oxygen atoms in total. The summed E-state index contributed by atoms with van der Waals surface area (Å²) >= 11 is 1.70. The molecule has 0 radical (unpaired) electrons. The quantitative estimate of drug-likeness (QED) is 0.661. The molecule has 136 valence electrons. The number of benzene rings is 1. The standard InChI is InChI=1S/C19H26N2O3S/c1-13(2)19(3,12-18(23)24)21-16(22)10-6-7-11-17-20-14-8-4-5-9-15(14)25-17/h4-5,8-9,13H,6-7,10-12H2,1-3H3,(H,21,22)(H,23,24). The molecule has 25 heavy (non-hydrogen) atoms. The van der Waals surface area contributed by atoms with Crippen LogP contribution < -0.4 is 5.32 Å². The van der Waals surface area contributed by atoms with Gasteiger partial charge in [-0.25, -0.2) is 4.98 Å². The summed E-state index contributed by atoms with van der Waals surface area (Å²) in [5.41, 5.74) is 0.317. The van der Waals surface area contributed by atoms with E-state index in [1.165, 1.54) is 4.70 Å². The van der Waals surface area contributed by atoms with Crippen molar-refractivity contribution in [2.24, 2.45) is 5.92 Å². The van der Waals surface area contributed by atoms with E-state index in [0.717, 1.165) is 29.8 Å². The smallest absolute Gasteiger partial charge is 0.305 e. The molecule has 1 aromatic carbocycles. The van der Waals surface area contributed by atoms with Crippen molar-refractivity contribution in [3.8, 4) is 0 Å². The molecule has 0 saturated carbocycles. The number of fused-ring (bicyclic) bond motifs is 1. The normalized spacial score (nSPS) is 13.8. The zero-order chi connectivity index (χ0) is 18.4. The molecule has 6 heteroatoms. The third-order valence-electron chi connectivity index (χ3n) is 4.60. The number of para-hydroxylation sites is 1. The first-order valence-electron chi connectivity index (χ1n) is 8.67. The number of unbranched alkanes of at least 4 members (excludes halogenated alkanes) is 1. The third-order valence-corrected chi connectivity index (χ3v) is 5.70. The van der Waals surface area contributed by atoms with Crippen LogP contribution in [-0.4, -0.2) is 27.5 Å². The number of rotatable bonds is 9. The molecule has 1 atom stereocenters. The number of carboxylic acid groups (broad SMARTS) is 1. The number of hydrogen-bond donors (Lipinski definition) is 2. The second-order valence-electron chi connectivity index (χ2n) is 6.97. The molecule has 1 unspecified atom stereocenters. The zero-order valence-electron chi connectivity index (χ0n) is 15.0. The van der Waals surface area contributed by atoms with E-state index in [-0.39, 0.29) is 18.2 Å². The van der Waals surface area contributed by atoms with Crippen LogP contribution in [-0.2, 0) is 16.0 Å². The first-order chi connectivity index (χ1) is 11.8. The van der Waals surface area contributed by atoms with Crippen LogP contribution in [0.2, 0.25) is 0 Å². The zero-order valence-corrected chi connectivity index (χ0v) is 15.9. The number of carbonyl (C=O) groups is 2. The summed E-state index contributed by atoms with van der Waals surface area (Å²) in [6, 6.07) is 8.08. The van der Waals surface area contributed by atoms with Gasteiger partial charge in [0.05, 0.1) is 21.6 Å². The van der Waals surface area contributed by atoms with Crippen molar-refractivity contribution in [2.45, 2.75) is 58.4 Å². The lowest BCUT2D eigenvalue weighted by Crippen LogP contribution is -2.51. The Morgan fingerprint density at radius 1 is 1.28 bits per heavy atom. The van der Waals surface area contributed by atoms with Gasteiger partial charge in [-0.1, -0.05) is 26.0 Å². The first-order valence-corrected chi connectivity index (χ1v) is 9.49. The highest BCUT2D eigenvalue weighted by Gasteiger charge is 2.32. The molecule has 0 aliphatic carbocycles. The molecule has 0 spiro atoms. The van der Waals surface area contributed by atoms with Crippen molar-refractivity contribution in [3.63, 3.8) is 0 Å². The number of amides is 1. The lowest BCUT2D eigenvalue weighted by molar-refractivity contribution is -0.139. The highest BCUT2D eigenvalue weighted by atomic mass is 32.1. The van der Waals surface area contributed by atoms with E-state index in [9.17, 15) is 9.59 Å². The molecule has 0 aliphatic rings. The van der Waals surface area contributed by atoms with Crippen LogP contribution in [0.3, 0.4) is 0 Å². The molecule has 2 N–H and O–H groups in total. The molecular formula is C19H26N2O3S.